The summed E-state index contributed by atoms with van der Waals surface area (Å²) in [6.45, 7) is 1.41. The second kappa shape index (κ2) is 8.30. The van der Waals surface area contributed by atoms with Gasteiger partial charge in [0.05, 0.1) is 11.8 Å². The standard InChI is InChI=1S/C23H21F2N3O2/c24-15-6-7-16(19(25)10-15)18-11-20(23(26)30)27-21-12-28(9-8-17(18)21)13-22(29)14-4-2-1-3-5-14/h1-7,10-11,22,29H,8-9,12-13H2,(H2,26,30)/t22-/m0/s1. The molecule has 0 fully saturated rings. The summed E-state index contributed by atoms with van der Waals surface area (Å²) in [5.41, 5.74) is 8.39. The number of carbonyl (C=O) groups is 1. The number of halogens is 2. The van der Waals surface area contributed by atoms with Crippen molar-refractivity contribution in [2.75, 3.05) is 13.1 Å². The molecule has 0 saturated carbocycles. The van der Waals surface area contributed by atoms with E-state index in [1.54, 1.807) is 0 Å². The predicted octanol–water partition coefficient (Wildman–Crippen LogP) is 3.22. The van der Waals surface area contributed by atoms with Crippen LogP contribution < -0.4 is 5.73 Å². The van der Waals surface area contributed by atoms with Crippen LogP contribution in [0.3, 0.4) is 0 Å². The average molecular weight is 409 g/mol. The summed E-state index contributed by atoms with van der Waals surface area (Å²) in [7, 11) is 0. The molecule has 1 aliphatic heterocycles. The minimum absolute atomic E-state index is 0.0259. The predicted molar refractivity (Wildman–Crippen MR) is 108 cm³/mol. The van der Waals surface area contributed by atoms with Crippen LogP contribution in [-0.2, 0) is 13.0 Å². The number of nitrogens with zero attached hydrogens (tertiary/aromatic N) is 2. The van der Waals surface area contributed by atoms with Crippen LogP contribution >= 0.6 is 0 Å². The zero-order valence-electron chi connectivity index (χ0n) is 16.2. The first-order valence-corrected chi connectivity index (χ1v) is 9.65. The molecule has 7 heteroatoms. The highest BCUT2D eigenvalue weighted by Crippen LogP contribution is 2.32. The first-order valence-electron chi connectivity index (χ1n) is 9.65. The second-order valence-electron chi connectivity index (χ2n) is 7.38. The van der Waals surface area contributed by atoms with Gasteiger partial charge in [-0.25, -0.2) is 13.8 Å². The SMILES string of the molecule is NC(=O)c1cc(-c2ccc(F)cc2F)c2c(n1)CN(C[C@H](O)c1ccccc1)CC2. The number of benzene rings is 2. The maximum Gasteiger partial charge on any atom is 0.267 e. The fourth-order valence-corrected chi connectivity index (χ4v) is 3.85. The highest BCUT2D eigenvalue weighted by molar-refractivity contribution is 5.92. The van der Waals surface area contributed by atoms with Crippen molar-refractivity contribution in [2.45, 2.75) is 19.1 Å². The van der Waals surface area contributed by atoms with Gasteiger partial charge in [0, 0.05) is 31.3 Å². The lowest BCUT2D eigenvalue weighted by Gasteiger charge is -2.31. The van der Waals surface area contributed by atoms with Crippen molar-refractivity contribution in [3.8, 4) is 11.1 Å². The Morgan fingerprint density at radius 1 is 1.13 bits per heavy atom. The molecule has 30 heavy (non-hydrogen) atoms. The Morgan fingerprint density at radius 2 is 1.90 bits per heavy atom. The first kappa shape index (κ1) is 20.1. The van der Waals surface area contributed by atoms with Crippen LogP contribution in [0.5, 0.6) is 0 Å². The molecule has 2 aromatic carbocycles. The lowest BCUT2D eigenvalue weighted by atomic mass is 9.92. The van der Waals surface area contributed by atoms with Crippen molar-refractivity contribution in [1.82, 2.24) is 9.88 Å². The number of aromatic nitrogens is 1. The molecule has 154 valence electrons. The lowest BCUT2D eigenvalue weighted by molar-refractivity contribution is 0.0987. The van der Waals surface area contributed by atoms with Crippen molar-refractivity contribution in [2.24, 2.45) is 5.73 Å². The normalized spacial score (nSPS) is 14.9. The number of hydrogen-bond acceptors (Lipinski definition) is 4. The zero-order valence-corrected chi connectivity index (χ0v) is 16.2. The van der Waals surface area contributed by atoms with Crippen LogP contribution in [0.4, 0.5) is 8.78 Å². The van der Waals surface area contributed by atoms with Crippen molar-refractivity contribution >= 4 is 5.91 Å². The van der Waals surface area contributed by atoms with E-state index in [-0.39, 0.29) is 11.3 Å². The summed E-state index contributed by atoms with van der Waals surface area (Å²) in [5.74, 6) is -2.10. The van der Waals surface area contributed by atoms with Crippen LogP contribution in [0.2, 0.25) is 0 Å². The average Bonchev–Trinajstić information content (AvgIpc) is 2.73. The molecule has 1 amide bonds. The number of amides is 1. The number of fused-ring (bicyclic) bond motifs is 1. The van der Waals surface area contributed by atoms with Gasteiger partial charge in [0.25, 0.3) is 5.91 Å². The third-order valence-corrected chi connectivity index (χ3v) is 5.35. The zero-order chi connectivity index (χ0) is 21.3. The van der Waals surface area contributed by atoms with Gasteiger partial charge in [-0.3, -0.25) is 9.69 Å². The van der Waals surface area contributed by atoms with Gasteiger partial charge < -0.3 is 10.8 Å². The molecule has 0 radical (unpaired) electrons. The van der Waals surface area contributed by atoms with Gasteiger partial charge in [0.1, 0.15) is 17.3 Å². The van der Waals surface area contributed by atoms with Crippen molar-refractivity contribution in [3.05, 3.63) is 88.7 Å². The summed E-state index contributed by atoms with van der Waals surface area (Å²) >= 11 is 0. The molecule has 0 unspecified atom stereocenters. The van der Waals surface area contributed by atoms with E-state index in [9.17, 15) is 18.7 Å². The number of nitrogens with two attached hydrogens (primary N) is 1. The third kappa shape index (κ3) is 4.08. The summed E-state index contributed by atoms with van der Waals surface area (Å²) in [5, 5.41) is 10.5. The van der Waals surface area contributed by atoms with Crippen LogP contribution in [-0.4, -0.2) is 34.0 Å². The lowest BCUT2D eigenvalue weighted by Crippen LogP contribution is -2.35. The van der Waals surface area contributed by atoms with E-state index in [1.165, 1.54) is 18.2 Å². The molecule has 0 aliphatic carbocycles. The van der Waals surface area contributed by atoms with Gasteiger partial charge in [0.15, 0.2) is 0 Å². The molecular weight excluding hydrogens is 388 g/mol. The number of aliphatic hydroxyl groups is 1. The Morgan fingerprint density at radius 3 is 2.60 bits per heavy atom. The summed E-state index contributed by atoms with van der Waals surface area (Å²) in [4.78, 5) is 18.2. The number of carbonyl (C=O) groups excluding carboxylic acids is 1. The molecule has 1 aliphatic rings. The molecule has 4 rings (SSSR count). The minimum atomic E-state index is -0.719. The van der Waals surface area contributed by atoms with E-state index in [4.69, 9.17) is 5.73 Å². The van der Waals surface area contributed by atoms with Gasteiger partial charge in [-0.2, -0.15) is 0 Å². The van der Waals surface area contributed by atoms with E-state index in [0.29, 0.717) is 37.3 Å². The summed E-state index contributed by atoms with van der Waals surface area (Å²) in [6, 6.07) is 14.2. The van der Waals surface area contributed by atoms with Gasteiger partial charge in [-0.1, -0.05) is 30.3 Å². The summed E-state index contributed by atoms with van der Waals surface area (Å²) in [6.07, 6.45) is -0.115. The molecule has 0 bridgehead atoms. The minimum Gasteiger partial charge on any atom is -0.387 e. The monoisotopic (exact) mass is 409 g/mol. The Bertz CT molecular complexity index is 1090. The van der Waals surface area contributed by atoms with Crippen molar-refractivity contribution in [3.63, 3.8) is 0 Å². The van der Waals surface area contributed by atoms with E-state index >= 15 is 0 Å². The largest absolute Gasteiger partial charge is 0.387 e. The van der Waals surface area contributed by atoms with Crippen LogP contribution in [0.1, 0.15) is 33.4 Å². The van der Waals surface area contributed by atoms with Crippen LogP contribution in [0.15, 0.2) is 54.6 Å². The molecule has 0 spiro atoms. The van der Waals surface area contributed by atoms with Gasteiger partial charge in [-0.05, 0) is 41.3 Å². The molecule has 1 atom stereocenters. The number of pyridine rings is 1. The van der Waals surface area contributed by atoms with E-state index < -0.39 is 23.6 Å². The molecule has 2 heterocycles. The summed E-state index contributed by atoms with van der Waals surface area (Å²) < 4.78 is 27.8. The maximum atomic E-state index is 14.5. The molecule has 0 saturated heterocycles. The Hall–Kier alpha value is -3.16. The van der Waals surface area contributed by atoms with Crippen molar-refractivity contribution in [1.29, 1.82) is 0 Å². The third-order valence-electron chi connectivity index (χ3n) is 5.35. The van der Waals surface area contributed by atoms with Crippen LogP contribution in [0, 0.1) is 11.6 Å². The highest BCUT2D eigenvalue weighted by Gasteiger charge is 2.25. The van der Waals surface area contributed by atoms with E-state index in [2.05, 4.69) is 4.98 Å². The van der Waals surface area contributed by atoms with Gasteiger partial charge in [0.2, 0.25) is 0 Å². The van der Waals surface area contributed by atoms with Gasteiger partial charge in [-0.15, -0.1) is 0 Å². The number of aliphatic hydroxyl groups excluding tert-OH is 1. The number of primary amides is 1. The number of β-amino-alcohol motifs (C(OH)–C–C–N with tert-alkyl or cyclic N) is 1. The van der Waals surface area contributed by atoms with Crippen molar-refractivity contribution < 1.29 is 18.7 Å². The van der Waals surface area contributed by atoms with Gasteiger partial charge >= 0.3 is 0 Å². The highest BCUT2D eigenvalue weighted by atomic mass is 19.1. The smallest absolute Gasteiger partial charge is 0.267 e. The first-order chi connectivity index (χ1) is 14.4. The Labute approximate surface area is 172 Å². The number of hydrogen-bond donors (Lipinski definition) is 2. The Balaban J connectivity index is 1.67. The molecule has 3 aromatic rings. The molecule has 1 aromatic heterocycles. The maximum absolute atomic E-state index is 14.5. The second-order valence-corrected chi connectivity index (χ2v) is 7.38. The van der Waals surface area contributed by atoms with E-state index in [1.807, 2.05) is 35.2 Å². The molecule has 3 N–H and O–H groups in total. The quantitative estimate of drug-likeness (QED) is 0.678. The fourth-order valence-electron chi connectivity index (χ4n) is 3.85. The topological polar surface area (TPSA) is 79.5 Å². The Kier molecular flexibility index (Phi) is 5.57. The van der Waals surface area contributed by atoms with E-state index in [0.717, 1.165) is 17.2 Å². The molecular formula is C23H21F2N3O2. The molecule has 5 nitrogen and oxygen atoms in total. The van der Waals surface area contributed by atoms with Crippen LogP contribution in [0.25, 0.3) is 11.1 Å². The number of rotatable bonds is 5. The fraction of sp³-hybridized carbons (Fsp3) is 0.217.